The van der Waals surface area contributed by atoms with E-state index in [4.69, 9.17) is 11.6 Å². The standard InChI is InChI=1S/C8H6ClN.CH4/c9-7-2-1-3-8-6(7)4-5-10-8;/h1-5,10H;1H4. The molecule has 1 nitrogen and oxygen atoms in total. The zero-order valence-electron chi connectivity index (χ0n) is 5.26. The highest BCUT2D eigenvalue weighted by molar-refractivity contribution is 6.35. The molecule has 0 aliphatic heterocycles. The summed E-state index contributed by atoms with van der Waals surface area (Å²) in [5, 5.41) is 1.89. The minimum Gasteiger partial charge on any atom is -0.361 e. The topological polar surface area (TPSA) is 15.8 Å². The molecule has 1 heterocycles. The molecule has 1 N–H and O–H groups in total. The highest BCUT2D eigenvalue weighted by Crippen LogP contribution is 2.21. The molecule has 0 aliphatic carbocycles. The monoisotopic (exact) mass is 167 g/mol. The van der Waals surface area contributed by atoms with Gasteiger partial charge in [-0.15, -0.1) is 0 Å². The summed E-state index contributed by atoms with van der Waals surface area (Å²) in [5.41, 5.74) is 1.09. The predicted molar refractivity (Wildman–Crippen MR) is 50.0 cm³/mol. The van der Waals surface area contributed by atoms with E-state index in [0.717, 1.165) is 15.9 Å². The number of aromatic amines is 1. The van der Waals surface area contributed by atoms with Crippen molar-refractivity contribution in [1.29, 1.82) is 0 Å². The number of hydrogen-bond acceptors (Lipinski definition) is 0. The first-order valence-electron chi connectivity index (χ1n) is 3.09. The molecule has 0 radical (unpaired) electrons. The Morgan fingerprint density at radius 1 is 1.18 bits per heavy atom. The lowest BCUT2D eigenvalue weighted by Crippen LogP contribution is -1.66. The summed E-state index contributed by atoms with van der Waals surface area (Å²) in [6, 6.07) is 7.79. The van der Waals surface area contributed by atoms with Crippen LogP contribution in [-0.2, 0) is 0 Å². The molecule has 2 aromatic rings. The van der Waals surface area contributed by atoms with Crippen molar-refractivity contribution in [2.45, 2.75) is 7.43 Å². The van der Waals surface area contributed by atoms with Crippen molar-refractivity contribution in [1.82, 2.24) is 4.98 Å². The Morgan fingerprint density at radius 3 is 2.73 bits per heavy atom. The number of hydrogen-bond donors (Lipinski definition) is 1. The Labute approximate surface area is 71.0 Å². The Balaban J connectivity index is 0.000000605. The molecule has 2 heteroatoms. The molecular weight excluding hydrogens is 158 g/mol. The summed E-state index contributed by atoms with van der Waals surface area (Å²) in [4.78, 5) is 3.08. The van der Waals surface area contributed by atoms with Crippen molar-refractivity contribution < 1.29 is 0 Å². The number of nitrogens with one attached hydrogen (secondary N) is 1. The number of fused-ring (bicyclic) bond motifs is 1. The van der Waals surface area contributed by atoms with Gasteiger partial charge in [-0.1, -0.05) is 25.1 Å². The van der Waals surface area contributed by atoms with Gasteiger partial charge in [-0.2, -0.15) is 0 Å². The van der Waals surface area contributed by atoms with Gasteiger partial charge in [0.1, 0.15) is 0 Å². The minimum atomic E-state index is 0. The molecule has 0 bridgehead atoms. The van der Waals surface area contributed by atoms with E-state index >= 15 is 0 Å². The first kappa shape index (κ1) is 8.15. The molecule has 0 aliphatic rings. The fourth-order valence-corrected chi connectivity index (χ4v) is 1.28. The molecule has 11 heavy (non-hydrogen) atoms. The second kappa shape index (κ2) is 2.97. The van der Waals surface area contributed by atoms with E-state index in [2.05, 4.69) is 4.98 Å². The van der Waals surface area contributed by atoms with Crippen molar-refractivity contribution >= 4 is 22.5 Å². The normalized spacial score (nSPS) is 9.55. The average Bonchev–Trinajstić information content (AvgIpc) is 2.36. The number of aromatic nitrogens is 1. The third-order valence-corrected chi connectivity index (χ3v) is 1.87. The van der Waals surface area contributed by atoms with Crippen LogP contribution in [0.1, 0.15) is 7.43 Å². The van der Waals surface area contributed by atoms with Crippen LogP contribution in [0.15, 0.2) is 30.5 Å². The van der Waals surface area contributed by atoms with Crippen LogP contribution in [0.4, 0.5) is 0 Å². The number of H-pyrrole nitrogens is 1. The summed E-state index contributed by atoms with van der Waals surface area (Å²) in [6.07, 6.45) is 1.89. The fourth-order valence-electron chi connectivity index (χ4n) is 1.05. The van der Waals surface area contributed by atoms with E-state index in [1.54, 1.807) is 0 Å². The molecule has 58 valence electrons. The zero-order valence-corrected chi connectivity index (χ0v) is 6.02. The maximum absolute atomic E-state index is 5.88. The number of rotatable bonds is 0. The van der Waals surface area contributed by atoms with Crippen molar-refractivity contribution in [2.24, 2.45) is 0 Å². The predicted octanol–water partition coefficient (Wildman–Crippen LogP) is 3.46. The molecule has 0 spiro atoms. The summed E-state index contributed by atoms with van der Waals surface area (Å²) in [6.45, 7) is 0. The minimum absolute atomic E-state index is 0. The van der Waals surface area contributed by atoms with Crippen molar-refractivity contribution in [3.8, 4) is 0 Å². The fraction of sp³-hybridized carbons (Fsp3) is 0.111. The maximum atomic E-state index is 5.88. The van der Waals surface area contributed by atoms with Gasteiger partial charge in [0.2, 0.25) is 0 Å². The van der Waals surface area contributed by atoms with Crippen LogP contribution in [0.5, 0.6) is 0 Å². The van der Waals surface area contributed by atoms with Gasteiger partial charge in [-0.05, 0) is 18.2 Å². The molecular formula is C9H10ClN. The van der Waals surface area contributed by atoms with Crippen LogP contribution in [0, 0.1) is 0 Å². The lowest BCUT2D eigenvalue weighted by molar-refractivity contribution is 1.48. The highest BCUT2D eigenvalue weighted by Gasteiger charge is 1.95. The van der Waals surface area contributed by atoms with E-state index < -0.39 is 0 Å². The lowest BCUT2D eigenvalue weighted by atomic mass is 10.2. The van der Waals surface area contributed by atoms with Crippen LogP contribution in [0.3, 0.4) is 0 Å². The molecule has 0 fully saturated rings. The van der Waals surface area contributed by atoms with E-state index in [0.29, 0.717) is 0 Å². The van der Waals surface area contributed by atoms with Crippen LogP contribution in [0.25, 0.3) is 10.9 Å². The largest absolute Gasteiger partial charge is 0.361 e. The van der Waals surface area contributed by atoms with Gasteiger partial charge in [-0.25, -0.2) is 0 Å². The third kappa shape index (κ3) is 1.24. The zero-order chi connectivity index (χ0) is 6.97. The maximum Gasteiger partial charge on any atom is 0.0499 e. The summed E-state index contributed by atoms with van der Waals surface area (Å²) in [5.74, 6) is 0. The van der Waals surface area contributed by atoms with Gasteiger partial charge >= 0.3 is 0 Å². The van der Waals surface area contributed by atoms with Crippen molar-refractivity contribution in [2.75, 3.05) is 0 Å². The van der Waals surface area contributed by atoms with Crippen LogP contribution in [0.2, 0.25) is 5.02 Å². The first-order chi connectivity index (χ1) is 4.88. The SMILES string of the molecule is C.Clc1cccc2[nH]ccc12. The number of benzene rings is 1. The molecule has 2 rings (SSSR count). The summed E-state index contributed by atoms with van der Waals surface area (Å²) < 4.78 is 0. The van der Waals surface area contributed by atoms with Gasteiger partial charge in [0.15, 0.2) is 0 Å². The molecule has 0 atom stereocenters. The van der Waals surface area contributed by atoms with E-state index in [9.17, 15) is 0 Å². The highest BCUT2D eigenvalue weighted by atomic mass is 35.5. The molecule has 0 unspecified atom stereocenters. The lowest BCUT2D eigenvalue weighted by Gasteiger charge is -1.89. The first-order valence-corrected chi connectivity index (χ1v) is 3.47. The molecule has 0 amide bonds. The van der Waals surface area contributed by atoms with Crippen molar-refractivity contribution in [3.63, 3.8) is 0 Å². The second-order valence-corrected chi connectivity index (χ2v) is 2.59. The quantitative estimate of drug-likeness (QED) is 0.619. The van der Waals surface area contributed by atoms with Gasteiger partial charge in [0.05, 0.1) is 0 Å². The Kier molecular flexibility index (Phi) is 2.20. The van der Waals surface area contributed by atoms with Crippen molar-refractivity contribution in [3.05, 3.63) is 35.5 Å². The summed E-state index contributed by atoms with van der Waals surface area (Å²) in [7, 11) is 0. The molecule has 1 aromatic carbocycles. The summed E-state index contributed by atoms with van der Waals surface area (Å²) >= 11 is 5.88. The Hall–Kier alpha value is -0.950. The average molecular weight is 168 g/mol. The van der Waals surface area contributed by atoms with Gasteiger partial charge < -0.3 is 4.98 Å². The van der Waals surface area contributed by atoms with E-state index in [1.165, 1.54) is 0 Å². The second-order valence-electron chi connectivity index (χ2n) is 2.18. The number of halogens is 1. The van der Waals surface area contributed by atoms with Gasteiger partial charge in [0, 0.05) is 22.1 Å². The molecule has 1 aromatic heterocycles. The van der Waals surface area contributed by atoms with E-state index in [-0.39, 0.29) is 7.43 Å². The van der Waals surface area contributed by atoms with E-state index in [1.807, 2.05) is 30.5 Å². The van der Waals surface area contributed by atoms with Gasteiger partial charge in [-0.3, -0.25) is 0 Å². The van der Waals surface area contributed by atoms with Gasteiger partial charge in [0.25, 0.3) is 0 Å². The van der Waals surface area contributed by atoms with Crippen LogP contribution >= 0.6 is 11.6 Å². The third-order valence-electron chi connectivity index (χ3n) is 1.54. The Morgan fingerprint density at radius 2 is 2.00 bits per heavy atom. The Bertz CT molecular complexity index is 351. The van der Waals surface area contributed by atoms with Crippen LogP contribution < -0.4 is 0 Å². The molecule has 0 saturated carbocycles. The molecule has 0 saturated heterocycles. The van der Waals surface area contributed by atoms with Crippen LogP contribution in [-0.4, -0.2) is 4.98 Å². The smallest absolute Gasteiger partial charge is 0.0499 e.